The molecule has 1 aliphatic carbocycles. The minimum Gasteiger partial charge on any atom is -1.00 e. The van der Waals surface area contributed by atoms with Crippen LogP contribution < -0.4 is 24.8 Å². The Kier molecular flexibility index (Phi) is 14.9. The molecule has 3 aromatic carbocycles. The Balaban J connectivity index is 0.000000686. The molecule has 0 saturated carbocycles. The summed E-state index contributed by atoms with van der Waals surface area (Å²) in [4.78, 5) is 0. The van der Waals surface area contributed by atoms with E-state index in [1.54, 1.807) is 23.3 Å². The third kappa shape index (κ3) is 9.98. The molecule has 36 heavy (non-hydrogen) atoms. The van der Waals surface area contributed by atoms with Crippen LogP contribution in [0.3, 0.4) is 0 Å². The van der Waals surface area contributed by atoms with Crippen molar-refractivity contribution in [3.8, 4) is 0 Å². The SMILES string of the molecule is CC(C)(C)c1ccc2c(c1)[cH-]c1cc(C(C)(C)C)ccc12.CCC1=[C-]CC=C1CC.C[Si](C)=[Zr+2].[Cl-].[Cl-]. The van der Waals surface area contributed by atoms with Gasteiger partial charge in [0.1, 0.15) is 0 Å². The first-order chi connectivity index (χ1) is 15.8. The van der Waals surface area contributed by atoms with E-state index in [2.05, 4.69) is 123 Å². The van der Waals surface area contributed by atoms with E-state index in [4.69, 9.17) is 0 Å². The zero-order valence-corrected chi connectivity index (χ0v) is 29.0. The van der Waals surface area contributed by atoms with Crippen molar-refractivity contribution in [1.82, 2.24) is 0 Å². The van der Waals surface area contributed by atoms with Gasteiger partial charge in [-0.2, -0.15) is 11.6 Å². The molecule has 0 saturated heterocycles. The second-order valence-corrected chi connectivity index (χ2v) is 20.9. The van der Waals surface area contributed by atoms with E-state index in [-0.39, 0.29) is 41.1 Å². The minimum absolute atomic E-state index is 0. The molecule has 0 aliphatic heterocycles. The van der Waals surface area contributed by atoms with Crippen LogP contribution in [0, 0.1) is 6.08 Å². The maximum atomic E-state index is 3.33. The summed E-state index contributed by atoms with van der Waals surface area (Å²) in [6.07, 6.45) is 8.99. The van der Waals surface area contributed by atoms with Crippen molar-refractivity contribution in [2.45, 2.75) is 98.6 Å². The third-order valence-corrected chi connectivity index (χ3v) is 6.22. The van der Waals surface area contributed by atoms with Gasteiger partial charge in [-0.1, -0.05) is 104 Å². The molecular weight excluding hydrogens is 575 g/mol. The monoisotopic (exact) mass is 616 g/mol. The molecule has 0 aromatic heterocycles. The molecule has 0 N–H and O–H groups in total. The molecule has 0 atom stereocenters. The van der Waals surface area contributed by atoms with Crippen LogP contribution in [0.4, 0.5) is 0 Å². The number of halogens is 2. The molecule has 4 rings (SSSR count). The van der Waals surface area contributed by atoms with Gasteiger partial charge < -0.3 is 24.8 Å². The number of allylic oxidation sites excluding steroid dienone is 4. The Morgan fingerprint density at radius 1 is 0.806 bits per heavy atom. The summed E-state index contributed by atoms with van der Waals surface area (Å²) in [7, 11) is 0. The fourth-order valence-electron chi connectivity index (χ4n) is 4.20. The molecular formula is C32H44Cl2SiZr-2. The third-order valence-electron chi connectivity index (χ3n) is 6.22. The molecule has 0 heterocycles. The molecule has 4 heteroatoms. The van der Waals surface area contributed by atoms with Gasteiger partial charge >= 0.3 is 41.9 Å². The first-order valence-corrected chi connectivity index (χ1v) is 18.9. The zero-order chi connectivity index (χ0) is 25.7. The van der Waals surface area contributed by atoms with Gasteiger partial charge in [0.25, 0.3) is 0 Å². The Labute approximate surface area is 249 Å². The van der Waals surface area contributed by atoms with Crippen molar-refractivity contribution < 1.29 is 48.1 Å². The summed E-state index contributed by atoms with van der Waals surface area (Å²) in [5.74, 6) is 0. The van der Waals surface area contributed by atoms with Gasteiger partial charge in [0.15, 0.2) is 0 Å². The summed E-state index contributed by atoms with van der Waals surface area (Å²) in [5.41, 5.74) is 6.38. The minimum atomic E-state index is 0. The van der Waals surface area contributed by atoms with E-state index in [0.717, 1.165) is 12.8 Å². The van der Waals surface area contributed by atoms with Crippen LogP contribution in [0.15, 0.2) is 59.7 Å². The fraction of sp³-hybridized carbons (Fsp3) is 0.469. The smallest absolute Gasteiger partial charge is 1.00 e. The molecule has 0 amide bonds. The number of fused-ring (bicyclic) bond motifs is 3. The zero-order valence-electron chi connectivity index (χ0n) is 24.0. The first-order valence-electron chi connectivity index (χ1n) is 12.7. The van der Waals surface area contributed by atoms with Crippen LogP contribution in [-0.4, -0.2) is 5.43 Å². The second kappa shape index (κ2) is 15.2. The summed E-state index contributed by atoms with van der Waals surface area (Å²) in [6.45, 7) is 22.6. The average Bonchev–Trinajstić information content (AvgIpc) is 3.35. The number of hydrogen-bond acceptors (Lipinski definition) is 0. The molecule has 196 valence electrons. The van der Waals surface area contributed by atoms with Crippen LogP contribution in [0.1, 0.15) is 85.8 Å². The van der Waals surface area contributed by atoms with Crippen molar-refractivity contribution in [3.05, 3.63) is 76.9 Å². The Bertz CT molecular complexity index is 1110. The van der Waals surface area contributed by atoms with E-state index in [1.165, 1.54) is 50.2 Å². The summed E-state index contributed by atoms with van der Waals surface area (Å²) in [5, 5.41) is 5.48. The van der Waals surface area contributed by atoms with Crippen LogP contribution in [-0.2, 0) is 34.2 Å². The Hall–Kier alpha value is -0.530. The predicted octanol–water partition coefficient (Wildman–Crippen LogP) is 3.97. The molecule has 0 bridgehead atoms. The molecule has 0 spiro atoms. The van der Waals surface area contributed by atoms with E-state index in [9.17, 15) is 0 Å². The number of rotatable bonds is 2. The summed E-state index contributed by atoms with van der Waals surface area (Å²) < 4.78 is 0. The van der Waals surface area contributed by atoms with Gasteiger partial charge in [-0.15, -0.1) is 46.2 Å². The van der Waals surface area contributed by atoms with Crippen LogP contribution in [0.25, 0.3) is 21.5 Å². The standard InChI is InChI=1S/C21H25.C9H13.C2H6Si.2ClH.Zr/c1-20(2,3)16-7-9-18-14(12-16)11-15-13-17(21(4,5)6)8-10-19(15)18;1-3-8-6-5-7-9(8)4-2;1-3-2;;;/h7-13H,1-6H3;6H,3-5H2,1-2H3;1-2H3;2*1H;/q2*-1;;;;+2/p-2. The molecule has 3 aromatic rings. The average molecular weight is 619 g/mol. The summed E-state index contributed by atoms with van der Waals surface area (Å²) >= 11 is 1.74. The molecule has 0 nitrogen and oxygen atoms in total. The van der Waals surface area contributed by atoms with E-state index in [0.29, 0.717) is 0 Å². The van der Waals surface area contributed by atoms with Gasteiger partial charge in [0.05, 0.1) is 0 Å². The van der Waals surface area contributed by atoms with Gasteiger partial charge in [-0.05, 0) is 10.8 Å². The van der Waals surface area contributed by atoms with Crippen molar-refractivity contribution in [3.63, 3.8) is 0 Å². The number of hydrogen-bond donors (Lipinski definition) is 0. The predicted molar refractivity (Wildman–Crippen MR) is 152 cm³/mol. The Morgan fingerprint density at radius 3 is 1.53 bits per heavy atom. The van der Waals surface area contributed by atoms with E-state index < -0.39 is 0 Å². The van der Waals surface area contributed by atoms with Crippen molar-refractivity contribution in [1.29, 1.82) is 0 Å². The largest absolute Gasteiger partial charge is 1.00 e. The van der Waals surface area contributed by atoms with Crippen molar-refractivity contribution >= 4 is 27.0 Å². The second-order valence-electron chi connectivity index (χ2n) is 11.5. The first kappa shape index (κ1) is 35.5. The van der Waals surface area contributed by atoms with Crippen molar-refractivity contribution in [2.24, 2.45) is 0 Å². The molecule has 0 fully saturated rings. The Morgan fingerprint density at radius 2 is 1.22 bits per heavy atom. The maximum absolute atomic E-state index is 3.33. The van der Waals surface area contributed by atoms with Crippen LogP contribution >= 0.6 is 0 Å². The molecule has 1 aliphatic rings. The van der Waals surface area contributed by atoms with Crippen LogP contribution in [0.2, 0.25) is 13.1 Å². The van der Waals surface area contributed by atoms with Gasteiger partial charge in [-0.3, -0.25) is 6.08 Å². The topological polar surface area (TPSA) is 0 Å². The number of benzene rings is 2. The normalized spacial score (nSPS) is 12.9. The fourth-order valence-corrected chi connectivity index (χ4v) is 4.20. The summed E-state index contributed by atoms with van der Waals surface area (Å²) in [6, 6.07) is 16.2. The van der Waals surface area contributed by atoms with Gasteiger partial charge in [0.2, 0.25) is 0 Å². The van der Waals surface area contributed by atoms with Gasteiger partial charge in [0, 0.05) is 0 Å². The quantitative estimate of drug-likeness (QED) is 0.302. The van der Waals surface area contributed by atoms with Gasteiger partial charge in [-0.25, -0.2) is 5.57 Å². The van der Waals surface area contributed by atoms with Crippen molar-refractivity contribution in [2.75, 3.05) is 0 Å². The maximum Gasteiger partial charge on any atom is -1.00 e. The molecule has 0 unspecified atom stereocenters. The van der Waals surface area contributed by atoms with E-state index in [1.807, 2.05) is 0 Å². The molecule has 0 radical (unpaired) electrons. The van der Waals surface area contributed by atoms with E-state index >= 15 is 0 Å². The van der Waals surface area contributed by atoms with Crippen LogP contribution in [0.5, 0.6) is 0 Å².